The van der Waals surface area contributed by atoms with E-state index in [0.29, 0.717) is 12.4 Å². The predicted octanol–water partition coefficient (Wildman–Crippen LogP) is 0.723. The SMILES string of the molecule is CSC(C)(C)CNC(=O)Cn1ccc(N)n1. The number of aromatic nitrogens is 2. The number of nitrogens with zero attached hydrogens (tertiary/aromatic N) is 2. The molecule has 0 saturated carbocycles. The number of nitrogen functional groups attached to an aromatic ring is 1. The summed E-state index contributed by atoms with van der Waals surface area (Å²) in [5.74, 6) is 0.377. The fourth-order valence-corrected chi connectivity index (χ4v) is 1.27. The Hall–Kier alpha value is -1.17. The highest BCUT2D eigenvalue weighted by atomic mass is 32.2. The van der Waals surface area contributed by atoms with Crippen molar-refractivity contribution in [3.63, 3.8) is 0 Å². The third-order valence-electron chi connectivity index (χ3n) is 2.23. The first-order valence-electron chi connectivity index (χ1n) is 5.04. The van der Waals surface area contributed by atoms with Gasteiger partial charge in [0.2, 0.25) is 5.91 Å². The average Bonchev–Trinajstić information content (AvgIpc) is 2.61. The van der Waals surface area contributed by atoms with Gasteiger partial charge >= 0.3 is 0 Å². The maximum absolute atomic E-state index is 11.6. The summed E-state index contributed by atoms with van der Waals surface area (Å²) in [6, 6.07) is 1.67. The van der Waals surface area contributed by atoms with Gasteiger partial charge in [-0.1, -0.05) is 0 Å². The molecule has 1 aromatic heterocycles. The summed E-state index contributed by atoms with van der Waals surface area (Å²) in [6.07, 6.45) is 3.72. The van der Waals surface area contributed by atoms with E-state index in [-0.39, 0.29) is 17.2 Å². The van der Waals surface area contributed by atoms with Crippen molar-refractivity contribution in [1.82, 2.24) is 15.1 Å². The van der Waals surface area contributed by atoms with Crippen LogP contribution in [0.25, 0.3) is 0 Å². The summed E-state index contributed by atoms with van der Waals surface area (Å²) >= 11 is 1.72. The van der Waals surface area contributed by atoms with Crippen LogP contribution in [0, 0.1) is 0 Å². The van der Waals surface area contributed by atoms with E-state index in [2.05, 4.69) is 24.3 Å². The van der Waals surface area contributed by atoms with Crippen molar-refractivity contribution >= 4 is 23.5 Å². The van der Waals surface area contributed by atoms with E-state index in [9.17, 15) is 4.79 Å². The predicted molar refractivity (Wildman–Crippen MR) is 67.2 cm³/mol. The molecule has 0 spiro atoms. The Bertz CT molecular complexity index is 361. The lowest BCUT2D eigenvalue weighted by Gasteiger charge is -2.22. The van der Waals surface area contributed by atoms with Crippen LogP contribution in [0.3, 0.4) is 0 Å². The molecule has 5 nitrogen and oxygen atoms in total. The van der Waals surface area contributed by atoms with Crippen molar-refractivity contribution in [2.75, 3.05) is 18.5 Å². The number of carbonyl (C=O) groups excluding carboxylic acids is 1. The Kier molecular flexibility index (Phi) is 4.23. The van der Waals surface area contributed by atoms with Gasteiger partial charge in [-0.3, -0.25) is 9.48 Å². The number of carbonyl (C=O) groups is 1. The molecule has 0 aliphatic heterocycles. The van der Waals surface area contributed by atoms with Gasteiger partial charge in [-0.15, -0.1) is 0 Å². The number of nitrogens with one attached hydrogen (secondary N) is 1. The van der Waals surface area contributed by atoms with Crippen LogP contribution >= 0.6 is 11.8 Å². The van der Waals surface area contributed by atoms with E-state index in [1.165, 1.54) is 4.68 Å². The maximum atomic E-state index is 11.6. The number of hydrogen-bond donors (Lipinski definition) is 2. The second kappa shape index (κ2) is 5.25. The molecule has 0 radical (unpaired) electrons. The summed E-state index contributed by atoms with van der Waals surface area (Å²) in [4.78, 5) is 11.6. The Morgan fingerprint density at radius 2 is 2.38 bits per heavy atom. The number of anilines is 1. The summed E-state index contributed by atoms with van der Waals surface area (Å²) < 4.78 is 1.58. The second-order valence-electron chi connectivity index (χ2n) is 4.18. The molecule has 0 aliphatic rings. The van der Waals surface area contributed by atoms with E-state index in [1.807, 2.05) is 6.26 Å². The van der Waals surface area contributed by atoms with Crippen LogP contribution in [0.4, 0.5) is 5.82 Å². The van der Waals surface area contributed by atoms with Crippen molar-refractivity contribution in [3.8, 4) is 0 Å². The molecule has 6 heteroatoms. The molecule has 0 unspecified atom stereocenters. The highest BCUT2D eigenvalue weighted by Crippen LogP contribution is 2.19. The van der Waals surface area contributed by atoms with Gasteiger partial charge in [0.25, 0.3) is 0 Å². The molecule has 1 aromatic rings. The molecular weight excluding hydrogens is 224 g/mol. The molecule has 1 amide bonds. The van der Waals surface area contributed by atoms with Gasteiger partial charge in [0.15, 0.2) is 0 Å². The fourth-order valence-electron chi connectivity index (χ4n) is 1.05. The molecule has 0 bridgehead atoms. The third kappa shape index (κ3) is 4.14. The number of amides is 1. The van der Waals surface area contributed by atoms with Crippen LogP contribution in [0.1, 0.15) is 13.8 Å². The first-order chi connectivity index (χ1) is 7.43. The lowest BCUT2D eigenvalue weighted by molar-refractivity contribution is -0.121. The molecule has 3 N–H and O–H groups in total. The Labute approximate surface area is 99.8 Å². The van der Waals surface area contributed by atoms with Gasteiger partial charge in [0.1, 0.15) is 12.4 Å². The lowest BCUT2D eigenvalue weighted by Crippen LogP contribution is -2.37. The summed E-state index contributed by atoms with van der Waals surface area (Å²) in [7, 11) is 0. The molecular formula is C10H18N4OS. The Balaban J connectivity index is 2.37. The van der Waals surface area contributed by atoms with Crippen molar-refractivity contribution < 1.29 is 4.79 Å². The minimum Gasteiger partial charge on any atom is -0.382 e. The molecule has 16 heavy (non-hydrogen) atoms. The quantitative estimate of drug-likeness (QED) is 0.798. The van der Waals surface area contributed by atoms with Crippen molar-refractivity contribution in [2.45, 2.75) is 25.1 Å². The van der Waals surface area contributed by atoms with Crippen molar-refractivity contribution in [1.29, 1.82) is 0 Å². The highest BCUT2D eigenvalue weighted by Gasteiger charge is 2.16. The van der Waals surface area contributed by atoms with Crippen LogP contribution in [0.15, 0.2) is 12.3 Å². The zero-order valence-corrected chi connectivity index (χ0v) is 10.7. The standard InChI is InChI=1S/C10H18N4OS/c1-10(2,16-3)7-12-9(15)6-14-5-4-8(11)13-14/h4-5H,6-7H2,1-3H3,(H2,11,13)(H,12,15). The number of thioether (sulfide) groups is 1. The molecule has 0 aromatic carbocycles. The topological polar surface area (TPSA) is 72.9 Å². The summed E-state index contributed by atoms with van der Waals surface area (Å²) in [5, 5.41) is 6.81. The zero-order valence-electron chi connectivity index (χ0n) is 9.86. The number of rotatable bonds is 5. The van der Waals surface area contributed by atoms with E-state index in [0.717, 1.165) is 0 Å². The van der Waals surface area contributed by atoms with Crippen LogP contribution in [0.2, 0.25) is 0 Å². The number of nitrogens with two attached hydrogens (primary N) is 1. The largest absolute Gasteiger partial charge is 0.382 e. The smallest absolute Gasteiger partial charge is 0.241 e. The minimum atomic E-state index is -0.0507. The van der Waals surface area contributed by atoms with Gasteiger partial charge in [0, 0.05) is 17.5 Å². The van der Waals surface area contributed by atoms with E-state index >= 15 is 0 Å². The fraction of sp³-hybridized carbons (Fsp3) is 0.600. The first kappa shape index (κ1) is 12.9. The third-order valence-corrected chi connectivity index (χ3v) is 3.48. The second-order valence-corrected chi connectivity index (χ2v) is 5.69. The molecule has 90 valence electrons. The highest BCUT2D eigenvalue weighted by molar-refractivity contribution is 7.99. The van der Waals surface area contributed by atoms with Gasteiger partial charge in [-0.05, 0) is 26.2 Å². The van der Waals surface area contributed by atoms with Crippen LogP contribution in [-0.4, -0.2) is 33.2 Å². The monoisotopic (exact) mass is 242 g/mol. The molecule has 0 aliphatic carbocycles. The summed E-state index contributed by atoms with van der Waals surface area (Å²) in [5.41, 5.74) is 5.45. The Morgan fingerprint density at radius 1 is 1.69 bits per heavy atom. The molecule has 0 fully saturated rings. The van der Waals surface area contributed by atoms with Crippen molar-refractivity contribution in [2.24, 2.45) is 0 Å². The van der Waals surface area contributed by atoms with Gasteiger partial charge < -0.3 is 11.1 Å². The molecule has 0 saturated heterocycles. The zero-order chi connectivity index (χ0) is 12.2. The van der Waals surface area contributed by atoms with E-state index in [4.69, 9.17) is 5.73 Å². The average molecular weight is 242 g/mol. The van der Waals surface area contributed by atoms with Crippen molar-refractivity contribution in [3.05, 3.63) is 12.3 Å². The van der Waals surface area contributed by atoms with Gasteiger partial charge in [0.05, 0.1) is 0 Å². The first-order valence-corrected chi connectivity index (χ1v) is 6.26. The van der Waals surface area contributed by atoms with Crippen LogP contribution in [-0.2, 0) is 11.3 Å². The molecule has 0 atom stereocenters. The normalized spacial score (nSPS) is 11.4. The van der Waals surface area contributed by atoms with E-state index in [1.54, 1.807) is 24.0 Å². The summed E-state index contributed by atoms with van der Waals surface area (Å²) in [6.45, 7) is 5.03. The Morgan fingerprint density at radius 3 is 2.88 bits per heavy atom. The molecule has 1 heterocycles. The van der Waals surface area contributed by atoms with E-state index < -0.39 is 0 Å². The van der Waals surface area contributed by atoms with Gasteiger partial charge in [-0.25, -0.2) is 0 Å². The maximum Gasteiger partial charge on any atom is 0.241 e. The van der Waals surface area contributed by atoms with Gasteiger partial charge in [-0.2, -0.15) is 16.9 Å². The minimum absolute atomic E-state index is 0.0507. The van der Waals surface area contributed by atoms with Crippen LogP contribution in [0.5, 0.6) is 0 Å². The number of hydrogen-bond acceptors (Lipinski definition) is 4. The lowest BCUT2D eigenvalue weighted by atomic mass is 10.2. The van der Waals surface area contributed by atoms with Crippen LogP contribution < -0.4 is 11.1 Å². The molecule has 1 rings (SSSR count).